The highest BCUT2D eigenvalue weighted by atomic mass is 16.4. The molecule has 0 heterocycles. The minimum Gasteiger partial charge on any atom is -0.478 e. The molecule has 0 saturated heterocycles. The zero-order valence-electron chi connectivity index (χ0n) is 8.44. The normalized spacial score (nSPS) is 10.2. The van der Waals surface area contributed by atoms with Crippen LogP contribution in [0.15, 0.2) is 24.3 Å². The highest BCUT2D eigenvalue weighted by Crippen LogP contribution is 2.04. The van der Waals surface area contributed by atoms with Crippen molar-refractivity contribution in [3.05, 3.63) is 35.4 Å². The maximum atomic E-state index is 10.7. The van der Waals surface area contributed by atoms with Crippen molar-refractivity contribution in [2.45, 2.75) is 13.0 Å². The fraction of sp³-hybridized carbons (Fsp3) is 0.364. The van der Waals surface area contributed by atoms with Crippen LogP contribution in [0.3, 0.4) is 0 Å². The van der Waals surface area contributed by atoms with E-state index < -0.39 is 5.97 Å². The van der Waals surface area contributed by atoms with E-state index in [1.165, 1.54) is 0 Å². The van der Waals surface area contributed by atoms with Crippen LogP contribution < -0.4 is 5.32 Å². The number of carboxylic acids is 1. The summed E-state index contributed by atoms with van der Waals surface area (Å²) in [6.45, 7) is 1.52. The average molecular weight is 209 g/mol. The second kappa shape index (κ2) is 6.16. The molecule has 0 saturated carbocycles. The Kier molecular flexibility index (Phi) is 4.80. The lowest BCUT2D eigenvalue weighted by molar-refractivity contribution is 0.0696. The number of rotatable bonds is 6. The summed E-state index contributed by atoms with van der Waals surface area (Å²) < 4.78 is 0. The van der Waals surface area contributed by atoms with Gasteiger partial charge in [0.25, 0.3) is 0 Å². The number of carboxylic acid groups (broad SMARTS) is 1. The molecule has 1 aromatic rings. The Bertz CT molecular complexity index is 325. The molecule has 0 aliphatic heterocycles. The molecule has 0 bridgehead atoms. The molecule has 0 aromatic heterocycles. The summed E-state index contributed by atoms with van der Waals surface area (Å²) in [5.74, 6) is -0.910. The van der Waals surface area contributed by atoms with Crippen molar-refractivity contribution >= 4 is 5.97 Å². The summed E-state index contributed by atoms with van der Waals surface area (Å²) in [5, 5.41) is 20.4. The Hall–Kier alpha value is -1.39. The molecule has 1 aromatic carbocycles. The quantitative estimate of drug-likeness (QED) is 0.608. The predicted molar refractivity (Wildman–Crippen MR) is 56.8 cm³/mol. The molecule has 0 unspecified atom stereocenters. The molecular weight excluding hydrogens is 194 g/mol. The first kappa shape index (κ1) is 11.7. The Labute approximate surface area is 88.6 Å². The first-order chi connectivity index (χ1) is 7.24. The molecular formula is C11H15NO3. The van der Waals surface area contributed by atoms with Gasteiger partial charge in [-0.15, -0.1) is 0 Å². The van der Waals surface area contributed by atoms with Crippen LogP contribution in [-0.2, 0) is 6.54 Å². The first-order valence-corrected chi connectivity index (χ1v) is 4.88. The van der Waals surface area contributed by atoms with Gasteiger partial charge in [0.2, 0.25) is 0 Å². The second-order valence-corrected chi connectivity index (χ2v) is 3.26. The molecule has 0 amide bonds. The fourth-order valence-corrected chi connectivity index (χ4v) is 1.25. The van der Waals surface area contributed by atoms with Crippen LogP contribution in [0.25, 0.3) is 0 Å². The topological polar surface area (TPSA) is 69.6 Å². The number of carbonyl (C=O) groups is 1. The van der Waals surface area contributed by atoms with Gasteiger partial charge >= 0.3 is 5.97 Å². The standard InChI is InChI=1S/C11H15NO3/c13-6-2-5-12-8-9-3-1-4-10(7-9)11(14)15/h1,3-4,7,12-13H,2,5-6,8H2,(H,14,15). The van der Waals surface area contributed by atoms with E-state index in [2.05, 4.69) is 5.32 Å². The lowest BCUT2D eigenvalue weighted by Gasteiger charge is -2.04. The van der Waals surface area contributed by atoms with Crippen molar-refractivity contribution in [1.29, 1.82) is 0 Å². The molecule has 3 N–H and O–H groups in total. The van der Waals surface area contributed by atoms with Crippen molar-refractivity contribution in [3.8, 4) is 0 Å². The zero-order chi connectivity index (χ0) is 11.1. The molecule has 0 aliphatic carbocycles. The first-order valence-electron chi connectivity index (χ1n) is 4.88. The highest BCUT2D eigenvalue weighted by molar-refractivity contribution is 5.87. The minimum absolute atomic E-state index is 0.169. The highest BCUT2D eigenvalue weighted by Gasteiger charge is 2.02. The third-order valence-corrected chi connectivity index (χ3v) is 2.01. The maximum Gasteiger partial charge on any atom is 0.335 e. The van der Waals surface area contributed by atoms with Gasteiger partial charge in [-0.2, -0.15) is 0 Å². The SMILES string of the molecule is O=C(O)c1cccc(CNCCCO)c1. The van der Waals surface area contributed by atoms with Gasteiger partial charge in [-0.3, -0.25) is 0 Å². The number of hydrogen-bond acceptors (Lipinski definition) is 3. The van der Waals surface area contributed by atoms with E-state index >= 15 is 0 Å². The summed E-state index contributed by atoms with van der Waals surface area (Å²) in [4.78, 5) is 10.7. The van der Waals surface area contributed by atoms with Crippen LogP contribution in [0.4, 0.5) is 0 Å². The third kappa shape index (κ3) is 4.10. The van der Waals surface area contributed by atoms with E-state index in [0.717, 1.165) is 12.1 Å². The number of hydrogen-bond donors (Lipinski definition) is 3. The van der Waals surface area contributed by atoms with E-state index in [9.17, 15) is 4.79 Å². The Morgan fingerprint density at radius 1 is 1.40 bits per heavy atom. The molecule has 1 rings (SSSR count). The maximum absolute atomic E-state index is 10.7. The van der Waals surface area contributed by atoms with Crippen molar-refractivity contribution in [2.75, 3.05) is 13.2 Å². The molecule has 82 valence electrons. The number of nitrogens with one attached hydrogen (secondary N) is 1. The van der Waals surface area contributed by atoms with Crippen molar-refractivity contribution < 1.29 is 15.0 Å². The summed E-state index contributed by atoms with van der Waals surface area (Å²) in [6, 6.07) is 6.82. The second-order valence-electron chi connectivity index (χ2n) is 3.26. The van der Waals surface area contributed by atoms with Crippen LogP contribution in [0, 0.1) is 0 Å². The van der Waals surface area contributed by atoms with E-state index in [-0.39, 0.29) is 6.61 Å². The van der Waals surface area contributed by atoms with Crippen LogP contribution in [-0.4, -0.2) is 29.3 Å². The largest absolute Gasteiger partial charge is 0.478 e. The van der Waals surface area contributed by atoms with Gasteiger partial charge in [0.1, 0.15) is 0 Å². The fourth-order valence-electron chi connectivity index (χ4n) is 1.25. The summed E-state index contributed by atoms with van der Waals surface area (Å²) in [5.41, 5.74) is 1.24. The van der Waals surface area contributed by atoms with Gasteiger partial charge in [-0.1, -0.05) is 12.1 Å². The van der Waals surface area contributed by atoms with Crippen molar-refractivity contribution in [2.24, 2.45) is 0 Å². The van der Waals surface area contributed by atoms with Gasteiger partial charge in [-0.05, 0) is 30.7 Å². The third-order valence-electron chi connectivity index (χ3n) is 2.01. The molecule has 0 fully saturated rings. The predicted octanol–water partition coefficient (Wildman–Crippen LogP) is 0.857. The van der Waals surface area contributed by atoms with Crippen LogP contribution in [0.5, 0.6) is 0 Å². The molecule has 0 radical (unpaired) electrons. The van der Waals surface area contributed by atoms with E-state index in [1.807, 2.05) is 6.07 Å². The van der Waals surface area contributed by atoms with Gasteiger partial charge < -0.3 is 15.5 Å². The average Bonchev–Trinajstić information content (AvgIpc) is 2.25. The summed E-state index contributed by atoms with van der Waals surface area (Å²) >= 11 is 0. The Morgan fingerprint density at radius 2 is 2.20 bits per heavy atom. The van der Waals surface area contributed by atoms with Gasteiger partial charge in [0.05, 0.1) is 5.56 Å². The monoisotopic (exact) mass is 209 g/mol. The van der Waals surface area contributed by atoms with E-state index in [1.54, 1.807) is 18.2 Å². The van der Waals surface area contributed by atoms with Crippen LogP contribution in [0.2, 0.25) is 0 Å². The van der Waals surface area contributed by atoms with Gasteiger partial charge in [0, 0.05) is 13.2 Å². The minimum atomic E-state index is -0.910. The summed E-state index contributed by atoms with van der Waals surface area (Å²) in [7, 11) is 0. The van der Waals surface area contributed by atoms with Gasteiger partial charge in [-0.25, -0.2) is 4.79 Å². The summed E-state index contributed by atoms with van der Waals surface area (Å²) in [6.07, 6.45) is 0.707. The lowest BCUT2D eigenvalue weighted by atomic mass is 10.1. The molecule has 4 nitrogen and oxygen atoms in total. The number of aliphatic hydroxyl groups excluding tert-OH is 1. The number of aromatic carboxylic acids is 1. The van der Waals surface area contributed by atoms with Crippen molar-refractivity contribution in [1.82, 2.24) is 5.32 Å². The number of aliphatic hydroxyl groups is 1. The van der Waals surface area contributed by atoms with Crippen LogP contribution >= 0.6 is 0 Å². The van der Waals surface area contributed by atoms with Gasteiger partial charge in [0.15, 0.2) is 0 Å². The van der Waals surface area contributed by atoms with E-state index in [0.29, 0.717) is 18.5 Å². The molecule has 0 aliphatic rings. The Morgan fingerprint density at radius 3 is 2.87 bits per heavy atom. The van der Waals surface area contributed by atoms with Crippen LogP contribution in [0.1, 0.15) is 22.3 Å². The molecule has 4 heteroatoms. The smallest absolute Gasteiger partial charge is 0.335 e. The zero-order valence-corrected chi connectivity index (χ0v) is 8.44. The van der Waals surface area contributed by atoms with E-state index in [4.69, 9.17) is 10.2 Å². The number of benzene rings is 1. The Balaban J connectivity index is 2.47. The van der Waals surface area contributed by atoms with Crippen molar-refractivity contribution in [3.63, 3.8) is 0 Å². The molecule has 0 atom stereocenters. The molecule has 0 spiro atoms. The molecule has 15 heavy (non-hydrogen) atoms. The lowest BCUT2D eigenvalue weighted by Crippen LogP contribution is -2.15.